The molecule has 0 saturated carbocycles. The second-order valence-electron chi connectivity index (χ2n) is 4.11. The molecule has 3 unspecified atom stereocenters. The zero-order valence-corrected chi connectivity index (χ0v) is 8.10. The van der Waals surface area contributed by atoms with Gasteiger partial charge in [0, 0.05) is 11.6 Å². The number of fused-ring (bicyclic) bond motifs is 3. The first-order chi connectivity index (χ1) is 7.25. The number of nitrogens with one attached hydrogen (secondary N) is 2. The third kappa shape index (κ3) is 1.22. The lowest BCUT2D eigenvalue weighted by molar-refractivity contribution is -0.139. The lowest BCUT2D eigenvalue weighted by Gasteiger charge is -2.10. The van der Waals surface area contributed by atoms with Crippen molar-refractivity contribution in [1.82, 2.24) is 5.32 Å². The maximum absolute atomic E-state index is 10.9. The van der Waals surface area contributed by atoms with Gasteiger partial charge in [0.05, 0.1) is 6.17 Å². The van der Waals surface area contributed by atoms with E-state index in [4.69, 9.17) is 5.11 Å². The molecule has 2 aliphatic heterocycles. The summed E-state index contributed by atoms with van der Waals surface area (Å²) in [6.45, 7) is 0. The Morgan fingerprint density at radius 3 is 3.00 bits per heavy atom. The molecule has 15 heavy (non-hydrogen) atoms. The fourth-order valence-electron chi connectivity index (χ4n) is 2.53. The Hall–Kier alpha value is -1.55. The van der Waals surface area contributed by atoms with E-state index in [9.17, 15) is 4.79 Å². The second-order valence-corrected chi connectivity index (χ2v) is 4.11. The van der Waals surface area contributed by atoms with Gasteiger partial charge in [-0.15, -0.1) is 0 Å². The van der Waals surface area contributed by atoms with Crippen LogP contribution in [0.25, 0.3) is 0 Å². The van der Waals surface area contributed by atoms with Gasteiger partial charge >= 0.3 is 5.97 Å². The molecule has 1 saturated heterocycles. The minimum absolute atomic E-state index is 0.0866. The van der Waals surface area contributed by atoms with Gasteiger partial charge in [-0.2, -0.15) is 0 Å². The van der Waals surface area contributed by atoms with Crippen LogP contribution >= 0.6 is 0 Å². The third-order valence-corrected chi connectivity index (χ3v) is 3.24. The van der Waals surface area contributed by atoms with Gasteiger partial charge in [0.15, 0.2) is 0 Å². The van der Waals surface area contributed by atoms with Crippen molar-refractivity contribution in [2.24, 2.45) is 0 Å². The van der Waals surface area contributed by atoms with Crippen LogP contribution in [0.15, 0.2) is 24.3 Å². The van der Waals surface area contributed by atoms with Crippen LogP contribution in [-0.2, 0) is 4.79 Å². The first-order valence-electron chi connectivity index (χ1n) is 5.10. The molecule has 4 heteroatoms. The summed E-state index contributed by atoms with van der Waals surface area (Å²) >= 11 is 0. The molecule has 0 aromatic heterocycles. The Morgan fingerprint density at radius 1 is 1.40 bits per heavy atom. The van der Waals surface area contributed by atoms with Gasteiger partial charge in [-0.25, -0.2) is 0 Å². The van der Waals surface area contributed by atoms with Gasteiger partial charge in [0.2, 0.25) is 0 Å². The topological polar surface area (TPSA) is 61.4 Å². The monoisotopic (exact) mass is 204 g/mol. The minimum atomic E-state index is -0.760. The smallest absolute Gasteiger partial charge is 0.320 e. The van der Waals surface area contributed by atoms with E-state index in [0.29, 0.717) is 12.3 Å². The first kappa shape index (κ1) is 8.73. The summed E-state index contributed by atoms with van der Waals surface area (Å²) in [7, 11) is 0. The fraction of sp³-hybridized carbons (Fsp3) is 0.364. The van der Waals surface area contributed by atoms with Gasteiger partial charge in [0.1, 0.15) is 6.04 Å². The molecule has 78 valence electrons. The SMILES string of the molecule is O=C(O)C1CC2c3ccccc3NC2N1. The van der Waals surface area contributed by atoms with Crippen LogP contribution in [0.1, 0.15) is 17.9 Å². The zero-order chi connectivity index (χ0) is 10.4. The van der Waals surface area contributed by atoms with Crippen molar-refractivity contribution in [2.75, 3.05) is 5.32 Å². The van der Waals surface area contributed by atoms with Crippen molar-refractivity contribution in [2.45, 2.75) is 24.5 Å². The van der Waals surface area contributed by atoms with Gasteiger partial charge in [-0.1, -0.05) is 18.2 Å². The number of carboxylic acid groups (broad SMARTS) is 1. The highest BCUT2D eigenvalue weighted by Crippen LogP contribution is 2.41. The Balaban J connectivity index is 1.91. The number of aliphatic carboxylic acids is 1. The molecule has 0 aliphatic carbocycles. The van der Waals surface area contributed by atoms with Crippen LogP contribution < -0.4 is 10.6 Å². The highest BCUT2D eigenvalue weighted by Gasteiger charge is 2.42. The highest BCUT2D eigenvalue weighted by molar-refractivity contribution is 5.75. The lowest BCUT2D eigenvalue weighted by Crippen LogP contribution is -2.38. The number of carboxylic acids is 1. The van der Waals surface area contributed by atoms with Crippen molar-refractivity contribution in [3.63, 3.8) is 0 Å². The number of carbonyl (C=O) groups is 1. The molecule has 4 nitrogen and oxygen atoms in total. The molecule has 3 atom stereocenters. The number of hydrogen-bond donors (Lipinski definition) is 3. The number of benzene rings is 1. The van der Waals surface area contributed by atoms with Crippen molar-refractivity contribution in [1.29, 1.82) is 0 Å². The summed E-state index contributed by atoms with van der Waals surface area (Å²) in [5.74, 6) is -0.467. The maximum atomic E-state index is 10.9. The summed E-state index contributed by atoms with van der Waals surface area (Å²) in [6, 6.07) is 7.67. The molecular weight excluding hydrogens is 192 g/mol. The van der Waals surface area contributed by atoms with Crippen molar-refractivity contribution < 1.29 is 9.90 Å². The standard InChI is InChI=1S/C11H12N2O2/c14-11(15)9-5-7-6-3-1-2-4-8(6)12-10(7)13-9/h1-4,7,9-10,12-13H,5H2,(H,14,15). The molecular formula is C11H12N2O2. The van der Waals surface area contributed by atoms with Gasteiger partial charge in [-0.05, 0) is 18.1 Å². The van der Waals surface area contributed by atoms with Gasteiger partial charge in [-0.3, -0.25) is 10.1 Å². The van der Waals surface area contributed by atoms with Crippen molar-refractivity contribution in [3.05, 3.63) is 29.8 Å². The van der Waals surface area contributed by atoms with Crippen LogP contribution in [0.4, 0.5) is 5.69 Å². The predicted octanol–water partition coefficient (Wildman–Crippen LogP) is 0.968. The molecule has 2 heterocycles. The summed E-state index contributed by atoms with van der Waals surface area (Å²) < 4.78 is 0. The minimum Gasteiger partial charge on any atom is -0.480 e. The average Bonchev–Trinajstić information content (AvgIpc) is 2.73. The van der Waals surface area contributed by atoms with E-state index in [1.807, 2.05) is 18.2 Å². The van der Waals surface area contributed by atoms with E-state index in [1.54, 1.807) is 0 Å². The number of para-hydroxylation sites is 1. The number of anilines is 1. The van der Waals surface area contributed by atoms with E-state index in [-0.39, 0.29) is 6.17 Å². The lowest BCUT2D eigenvalue weighted by atomic mass is 9.96. The molecule has 1 fully saturated rings. The molecule has 0 spiro atoms. The molecule has 0 radical (unpaired) electrons. The van der Waals surface area contributed by atoms with Crippen LogP contribution in [0.5, 0.6) is 0 Å². The van der Waals surface area contributed by atoms with Crippen molar-refractivity contribution in [3.8, 4) is 0 Å². The van der Waals surface area contributed by atoms with Crippen molar-refractivity contribution >= 4 is 11.7 Å². The summed E-state index contributed by atoms with van der Waals surface area (Å²) in [4.78, 5) is 10.9. The molecule has 0 amide bonds. The summed E-state index contributed by atoms with van der Waals surface area (Å²) in [6.07, 6.45) is 0.757. The Labute approximate surface area is 87.3 Å². The Kier molecular flexibility index (Phi) is 1.73. The fourth-order valence-corrected chi connectivity index (χ4v) is 2.53. The Morgan fingerprint density at radius 2 is 2.20 bits per heavy atom. The van der Waals surface area contributed by atoms with Crippen LogP contribution in [0, 0.1) is 0 Å². The molecule has 1 aromatic rings. The summed E-state index contributed by atoms with van der Waals surface area (Å²) in [5.41, 5.74) is 2.36. The van der Waals surface area contributed by atoms with Crippen LogP contribution in [-0.4, -0.2) is 23.3 Å². The van der Waals surface area contributed by atoms with Gasteiger partial charge < -0.3 is 10.4 Å². The second kappa shape index (κ2) is 2.97. The van der Waals surface area contributed by atoms with E-state index in [1.165, 1.54) is 5.56 Å². The number of rotatable bonds is 1. The molecule has 0 bridgehead atoms. The Bertz CT molecular complexity index is 419. The molecule has 2 aliphatic rings. The van der Waals surface area contributed by atoms with Gasteiger partial charge in [0.25, 0.3) is 0 Å². The third-order valence-electron chi connectivity index (χ3n) is 3.24. The molecule has 3 rings (SSSR count). The summed E-state index contributed by atoms with van der Waals surface area (Å²) in [5, 5.41) is 15.3. The normalized spacial score (nSPS) is 31.9. The van der Waals surface area contributed by atoms with Crippen LogP contribution in [0.3, 0.4) is 0 Å². The maximum Gasteiger partial charge on any atom is 0.320 e. The van der Waals surface area contributed by atoms with Crippen LogP contribution in [0.2, 0.25) is 0 Å². The zero-order valence-electron chi connectivity index (χ0n) is 8.10. The number of hydrogen-bond acceptors (Lipinski definition) is 3. The first-order valence-corrected chi connectivity index (χ1v) is 5.10. The van der Waals surface area contributed by atoms with E-state index in [2.05, 4.69) is 16.7 Å². The van der Waals surface area contributed by atoms with E-state index < -0.39 is 12.0 Å². The average molecular weight is 204 g/mol. The molecule has 3 N–H and O–H groups in total. The quantitative estimate of drug-likeness (QED) is 0.638. The van der Waals surface area contributed by atoms with E-state index >= 15 is 0 Å². The predicted molar refractivity (Wildman–Crippen MR) is 55.8 cm³/mol. The highest BCUT2D eigenvalue weighted by atomic mass is 16.4. The largest absolute Gasteiger partial charge is 0.480 e. The van der Waals surface area contributed by atoms with E-state index in [0.717, 1.165) is 5.69 Å². The molecule has 1 aromatic carbocycles.